The van der Waals surface area contributed by atoms with Crippen molar-refractivity contribution in [1.82, 2.24) is 5.32 Å². The van der Waals surface area contributed by atoms with Gasteiger partial charge in [0.25, 0.3) is 0 Å². The molecule has 2 rings (SSSR count). The summed E-state index contributed by atoms with van der Waals surface area (Å²) in [4.78, 5) is 11.7. The molecule has 0 aliphatic rings. The van der Waals surface area contributed by atoms with Gasteiger partial charge in [-0.1, -0.05) is 46.3 Å². The molecule has 0 radical (unpaired) electrons. The van der Waals surface area contributed by atoms with Crippen molar-refractivity contribution in [2.45, 2.75) is 0 Å². The predicted molar refractivity (Wildman–Crippen MR) is 83.4 cm³/mol. The van der Waals surface area contributed by atoms with Gasteiger partial charge in [0.1, 0.15) is 0 Å². The monoisotopic (exact) mass is 350 g/mol. The van der Waals surface area contributed by atoms with Crippen molar-refractivity contribution < 1.29 is 14.3 Å². The van der Waals surface area contributed by atoms with Crippen LogP contribution in [0.25, 0.3) is 6.08 Å². The number of anilines is 1. The summed E-state index contributed by atoms with van der Waals surface area (Å²) in [5, 5.41) is 14.3. The Kier molecular flexibility index (Phi) is 4.94. The number of urea groups is 1. The topological polar surface area (TPSA) is 61.4 Å². The Morgan fingerprint density at radius 3 is 2.67 bits per heavy atom. The molecule has 0 aliphatic carbocycles. The van der Waals surface area contributed by atoms with Crippen molar-refractivity contribution >= 4 is 33.7 Å². The molecule has 2 amide bonds. The minimum Gasteiger partial charge on any atom is -0.503 e. The number of phenols is 1. The van der Waals surface area contributed by atoms with Crippen molar-refractivity contribution in [1.29, 1.82) is 0 Å². The molecule has 0 saturated heterocycles. The van der Waals surface area contributed by atoms with Crippen LogP contribution < -0.4 is 10.6 Å². The number of amides is 2. The fourth-order valence-corrected chi connectivity index (χ4v) is 2.03. The number of phenolic OH excluding ortho intramolecular Hbond substituents is 1. The van der Waals surface area contributed by atoms with Crippen molar-refractivity contribution in [3.8, 4) is 5.75 Å². The van der Waals surface area contributed by atoms with E-state index in [0.29, 0.717) is 4.47 Å². The average molecular weight is 351 g/mol. The summed E-state index contributed by atoms with van der Waals surface area (Å²) in [6.45, 7) is 0. The Balaban J connectivity index is 1.98. The Bertz CT molecular complexity index is 675. The number of carbonyl (C=O) groups excluding carboxylic acids is 1. The summed E-state index contributed by atoms with van der Waals surface area (Å²) in [7, 11) is 0. The van der Waals surface area contributed by atoms with Gasteiger partial charge in [0, 0.05) is 10.7 Å². The lowest BCUT2D eigenvalue weighted by molar-refractivity contribution is 0.255. The highest BCUT2D eigenvalue weighted by Crippen LogP contribution is 2.30. The minimum atomic E-state index is -0.820. The fraction of sp³-hybridized carbons (Fsp3) is 0. The second-order valence-corrected chi connectivity index (χ2v) is 5.04. The molecule has 0 heterocycles. The van der Waals surface area contributed by atoms with Gasteiger partial charge in [0.15, 0.2) is 11.6 Å². The SMILES string of the molecule is O=C(NC=Cc1ccccc1)Nc1cc(Br)cc(F)c1O. The molecule has 4 nitrogen and oxygen atoms in total. The summed E-state index contributed by atoms with van der Waals surface area (Å²) < 4.78 is 13.7. The van der Waals surface area contributed by atoms with E-state index in [0.717, 1.165) is 11.6 Å². The normalized spacial score (nSPS) is 10.6. The number of halogens is 2. The predicted octanol–water partition coefficient (Wildman–Crippen LogP) is 4.09. The lowest BCUT2D eigenvalue weighted by atomic mass is 10.2. The number of aromatic hydroxyl groups is 1. The second-order valence-electron chi connectivity index (χ2n) is 4.13. The number of hydrogen-bond acceptors (Lipinski definition) is 2. The Morgan fingerprint density at radius 2 is 1.95 bits per heavy atom. The highest BCUT2D eigenvalue weighted by atomic mass is 79.9. The van der Waals surface area contributed by atoms with Crippen LogP contribution in [-0.4, -0.2) is 11.1 Å². The van der Waals surface area contributed by atoms with E-state index in [-0.39, 0.29) is 5.69 Å². The van der Waals surface area contributed by atoms with E-state index in [2.05, 4.69) is 26.6 Å². The first kappa shape index (κ1) is 15.1. The molecule has 6 heteroatoms. The molecule has 2 aromatic rings. The van der Waals surface area contributed by atoms with Crippen LogP contribution in [0.15, 0.2) is 53.1 Å². The zero-order valence-electron chi connectivity index (χ0n) is 10.8. The van der Waals surface area contributed by atoms with Gasteiger partial charge in [-0.2, -0.15) is 0 Å². The molecular weight excluding hydrogens is 339 g/mol. The highest BCUT2D eigenvalue weighted by Gasteiger charge is 2.11. The second kappa shape index (κ2) is 6.90. The number of carbonyl (C=O) groups is 1. The van der Waals surface area contributed by atoms with E-state index in [4.69, 9.17) is 0 Å². The molecular formula is C15H12BrFN2O2. The van der Waals surface area contributed by atoms with E-state index in [1.165, 1.54) is 12.3 Å². The molecule has 2 aromatic carbocycles. The number of benzene rings is 2. The first-order valence-electron chi connectivity index (χ1n) is 6.03. The van der Waals surface area contributed by atoms with Crippen molar-refractivity contribution in [3.05, 3.63) is 64.5 Å². The van der Waals surface area contributed by atoms with Gasteiger partial charge in [0.05, 0.1) is 5.69 Å². The third kappa shape index (κ3) is 4.32. The summed E-state index contributed by atoms with van der Waals surface area (Å²) in [5.41, 5.74) is 0.904. The number of rotatable bonds is 3. The Morgan fingerprint density at radius 1 is 1.24 bits per heavy atom. The third-order valence-electron chi connectivity index (χ3n) is 2.57. The molecule has 0 bridgehead atoms. The van der Waals surface area contributed by atoms with Crippen LogP contribution in [0.3, 0.4) is 0 Å². The van der Waals surface area contributed by atoms with Gasteiger partial charge in [-0.05, 0) is 23.8 Å². The van der Waals surface area contributed by atoms with Crippen LogP contribution in [0.4, 0.5) is 14.9 Å². The smallest absolute Gasteiger partial charge is 0.323 e. The zero-order chi connectivity index (χ0) is 15.2. The summed E-state index contributed by atoms with van der Waals surface area (Å²) in [6, 6.07) is 11.3. The molecule has 0 atom stereocenters. The lowest BCUT2D eigenvalue weighted by Gasteiger charge is -2.08. The third-order valence-corrected chi connectivity index (χ3v) is 3.02. The molecule has 0 fully saturated rings. The van der Waals surface area contributed by atoms with Crippen molar-refractivity contribution in [2.75, 3.05) is 5.32 Å². The minimum absolute atomic E-state index is 0.0208. The van der Waals surface area contributed by atoms with Crippen LogP contribution >= 0.6 is 15.9 Å². The van der Waals surface area contributed by atoms with E-state index < -0.39 is 17.6 Å². The highest BCUT2D eigenvalue weighted by molar-refractivity contribution is 9.10. The largest absolute Gasteiger partial charge is 0.503 e. The van der Waals surface area contributed by atoms with Gasteiger partial charge in [-0.15, -0.1) is 0 Å². The maximum atomic E-state index is 13.3. The van der Waals surface area contributed by atoms with Crippen molar-refractivity contribution in [2.24, 2.45) is 0 Å². The maximum absolute atomic E-state index is 13.3. The van der Waals surface area contributed by atoms with Crippen LogP contribution in [-0.2, 0) is 0 Å². The molecule has 21 heavy (non-hydrogen) atoms. The van der Waals surface area contributed by atoms with Crippen molar-refractivity contribution in [3.63, 3.8) is 0 Å². The standard InChI is InChI=1S/C15H12BrFN2O2/c16-11-8-12(17)14(20)13(9-11)19-15(21)18-7-6-10-4-2-1-3-5-10/h1-9,20H,(H2,18,19,21). The molecule has 0 saturated carbocycles. The Labute approximate surface area is 129 Å². The summed E-state index contributed by atoms with van der Waals surface area (Å²) >= 11 is 3.08. The molecule has 3 N–H and O–H groups in total. The molecule has 0 unspecified atom stereocenters. The quantitative estimate of drug-likeness (QED) is 0.730. The van der Waals surface area contributed by atoms with Crippen LogP contribution in [0.1, 0.15) is 5.56 Å². The first-order chi connectivity index (χ1) is 10.1. The van der Waals surface area contributed by atoms with Crippen LogP contribution in [0.5, 0.6) is 5.75 Å². The van der Waals surface area contributed by atoms with Gasteiger partial charge in [-0.25, -0.2) is 9.18 Å². The number of nitrogens with one attached hydrogen (secondary N) is 2. The lowest BCUT2D eigenvalue weighted by Crippen LogP contribution is -2.23. The molecule has 0 spiro atoms. The van der Waals surface area contributed by atoms with Gasteiger partial charge < -0.3 is 15.7 Å². The summed E-state index contributed by atoms with van der Waals surface area (Å²) in [5.74, 6) is -1.43. The fourth-order valence-electron chi connectivity index (χ4n) is 1.60. The van der Waals surface area contributed by atoms with E-state index in [1.54, 1.807) is 6.08 Å². The Hall–Kier alpha value is -2.34. The number of hydrogen-bond donors (Lipinski definition) is 3. The zero-order valence-corrected chi connectivity index (χ0v) is 12.4. The molecule has 108 valence electrons. The van der Waals surface area contributed by atoms with Gasteiger partial charge >= 0.3 is 6.03 Å². The van der Waals surface area contributed by atoms with Gasteiger partial charge in [0.2, 0.25) is 0 Å². The molecule has 0 aromatic heterocycles. The first-order valence-corrected chi connectivity index (χ1v) is 6.82. The van der Waals surface area contributed by atoms with E-state index >= 15 is 0 Å². The van der Waals surface area contributed by atoms with Gasteiger partial charge in [-0.3, -0.25) is 0 Å². The van der Waals surface area contributed by atoms with E-state index in [9.17, 15) is 14.3 Å². The summed E-state index contributed by atoms with van der Waals surface area (Å²) in [6.07, 6.45) is 3.16. The van der Waals surface area contributed by atoms with E-state index in [1.807, 2.05) is 30.3 Å². The average Bonchev–Trinajstić information content (AvgIpc) is 2.45. The van der Waals surface area contributed by atoms with Crippen LogP contribution in [0, 0.1) is 5.82 Å². The van der Waals surface area contributed by atoms with Crippen LogP contribution in [0.2, 0.25) is 0 Å². The molecule has 0 aliphatic heterocycles. The maximum Gasteiger partial charge on any atom is 0.323 e.